The molecule has 0 saturated heterocycles. The number of nitro groups is 1. The van der Waals surface area contributed by atoms with Gasteiger partial charge in [0, 0.05) is 29.2 Å². The van der Waals surface area contributed by atoms with Gasteiger partial charge in [-0.2, -0.15) is 10.4 Å². The highest BCUT2D eigenvalue weighted by atomic mass is 16.6. The van der Waals surface area contributed by atoms with E-state index in [0.29, 0.717) is 16.8 Å². The van der Waals surface area contributed by atoms with E-state index in [9.17, 15) is 10.1 Å². The highest BCUT2D eigenvalue weighted by Gasteiger charge is 2.13. The van der Waals surface area contributed by atoms with Crippen LogP contribution in [0.15, 0.2) is 42.6 Å². The molecular formula is C15H11N5O2. The summed E-state index contributed by atoms with van der Waals surface area (Å²) >= 11 is 0. The number of rotatable bonds is 4. The second-order valence-corrected chi connectivity index (χ2v) is 4.71. The number of hydrogen-bond acceptors (Lipinski definition) is 5. The Hall–Kier alpha value is -3.40. The van der Waals surface area contributed by atoms with Crippen LogP contribution >= 0.6 is 0 Å². The SMILES string of the molecule is N#Cc1cc(NCc2ccccc2[N+](=O)[O-])c2cn[nH]c2c1. The summed E-state index contributed by atoms with van der Waals surface area (Å²) in [4.78, 5) is 10.6. The highest BCUT2D eigenvalue weighted by Crippen LogP contribution is 2.25. The Morgan fingerprint density at radius 3 is 2.95 bits per heavy atom. The molecule has 108 valence electrons. The van der Waals surface area contributed by atoms with Crippen molar-refractivity contribution in [2.45, 2.75) is 6.54 Å². The van der Waals surface area contributed by atoms with Gasteiger partial charge in [-0.25, -0.2) is 0 Å². The lowest BCUT2D eigenvalue weighted by Gasteiger charge is -2.08. The van der Waals surface area contributed by atoms with E-state index in [4.69, 9.17) is 5.26 Å². The number of anilines is 1. The molecule has 7 heteroatoms. The average Bonchev–Trinajstić information content (AvgIpc) is 3.01. The quantitative estimate of drug-likeness (QED) is 0.568. The number of aromatic nitrogens is 2. The first-order chi connectivity index (χ1) is 10.7. The van der Waals surface area contributed by atoms with Crippen LogP contribution in [-0.4, -0.2) is 15.1 Å². The second-order valence-electron chi connectivity index (χ2n) is 4.71. The first kappa shape index (κ1) is 13.6. The van der Waals surface area contributed by atoms with Crippen molar-refractivity contribution < 1.29 is 4.92 Å². The maximum absolute atomic E-state index is 11.0. The molecule has 0 aliphatic heterocycles. The van der Waals surface area contributed by atoms with Crippen LogP contribution in [0.3, 0.4) is 0 Å². The van der Waals surface area contributed by atoms with Crippen LogP contribution in [0.25, 0.3) is 10.9 Å². The molecule has 0 aliphatic rings. The number of hydrogen-bond donors (Lipinski definition) is 2. The second kappa shape index (κ2) is 5.54. The minimum atomic E-state index is -0.407. The van der Waals surface area contributed by atoms with Gasteiger partial charge in [0.05, 0.1) is 28.3 Å². The van der Waals surface area contributed by atoms with Gasteiger partial charge < -0.3 is 5.32 Å². The van der Waals surface area contributed by atoms with Crippen molar-refractivity contribution in [2.24, 2.45) is 0 Å². The fourth-order valence-electron chi connectivity index (χ4n) is 2.29. The number of benzene rings is 2. The molecule has 2 aromatic carbocycles. The highest BCUT2D eigenvalue weighted by molar-refractivity contribution is 5.92. The zero-order valence-electron chi connectivity index (χ0n) is 11.4. The molecule has 2 N–H and O–H groups in total. The number of nitro benzene ring substituents is 1. The van der Waals surface area contributed by atoms with Crippen molar-refractivity contribution in [1.82, 2.24) is 10.2 Å². The standard InChI is InChI=1S/C15H11N5O2/c16-7-10-5-13(12-9-18-19-14(12)6-10)17-8-11-3-1-2-4-15(11)20(21)22/h1-6,9,17H,8H2,(H,18,19). The fraction of sp³-hybridized carbons (Fsp3) is 0.0667. The Kier molecular flexibility index (Phi) is 3.42. The van der Waals surface area contributed by atoms with E-state index in [-0.39, 0.29) is 12.2 Å². The number of nitriles is 1. The smallest absolute Gasteiger partial charge is 0.274 e. The van der Waals surface area contributed by atoms with Gasteiger partial charge in [0.1, 0.15) is 0 Å². The van der Waals surface area contributed by atoms with Gasteiger partial charge in [0.15, 0.2) is 0 Å². The van der Waals surface area contributed by atoms with Crippen molar-refractivity contribution in [3.8, 4) is 6.07 Å². The molecule has 3 rings (SSSR count). The van der Waals surface area contributed by atoms with E-state index in [1.54, 1.807) is 36.5 Å². The van der Waals surface area contributed by atoms with E-state index in [1.165, 1.54) is 6.07 Å². The number of aromatic amines is 1. The molecule has 1 heterocycles. The molecule has 0 fully saturated rings. The molecule has 0 unspecified atom stereocenters. The molecule has 0 aliphatic carbocycles. The Labute approximate surface area is 125 Å². The largest absolute Gasteiger partial charge is 0.380 e. The van der Waals surface area contributed by atoms with E-state index in [0.717, 1.165) is 10.9 Å². The van der Waals surface area contributed by atoms with Gasteiger partial charge in [-0.1, -0.05) is 18.2 Å². The van der Waals surface area contributed by atoms with Crippen LogP contribution in [-0.2, 0) is 6.54 Å². The monoisotopic (exact) mass is 293 g/mol. The zero-order valence-corrected chi connectivity index (χ0v) is 11.4. The van der Waals surface area contributed by atoms with Crippen LogP contribution in [0.5, 0.6) is 0 Å². The first-order valence-electron chi connectivity index (χ1n) is 6.52. The Balaban J connectivity index is 1.93. The number of H-pyrrole nitrogens is 1. The van der Waals surface area contributed by atoms with Crippen LogP contribution in [0.4, 0.5) is 11.4 Å². The predicted molar refractivity (Wildman–Crippen MR) is 81.2 cm³/mol. The third-order valence-corrected chi connectivity index (χ3v) is 3.35. The maximum atomic E-state index is 11.0. The molecule has 0 saturated carbocycles. The molecule has 7 nitrogen and oxygen atoms in total. The van der Waals surface area contributed by atoms with Gasteiger partial charge in [-0.15, -0.1) is 0 Å². The number of para-hydroxylation sites is 1. The summed E-state index contributed by atoms with van der Waals surface area (Å²) in [5, 5.41) is 30.8. The summed E-state index contributed by atoms with van der Waals surface area (Å²) in [5.41, 5.74) is 2.58. The lowest BCUT2D eigenvalue weighted by Crippen LogP contribution is -2.03. The third kappa shape index (κ3) is 2.45. The molecule has 3 aromatic rings. The fourth-order valence-corrected chi connectivity index (χ4v) is 2.29. The summed E-state index contributed by atoms with van der Waals surface area (Å²) in [6.07, 6.45) is 1.65. The summed E-state index contributed by atoms with van der Waals surface area (Å²) in [5.74, 6) is 0. The van der Waals surface area contributed by atoms with Crippen LogP contribution < -0.4 is 5.32 Å². The maximum Gasteiger partial charge on any atom is 0.274 e. The van der Waals surface area contributed by atoms with Crippen molar-refractivity contribution in [3.05, 3.63) is 63.8 Å². The van der Waals surface area contributed by atoms with E-state index in [2.05, 4.69) is 21.6 Å². The molecule has 22 heavy (non-hydrogen) atoms. The van der Waals surface area contributed by atoms with Crippen molar-refractivity contribution in [2.75, 3.05) is 5.32 Å². The van der Waals surface area contributed by atoms with Gasteiger partial charge in [0.2, 0.25) is 0 Å². The van der Waals surface area contributed by atoms with Crippen LogP contribution in [0.1, 0.15) is 11.1 Å². The van der Waals surface area contributed by atoms with Gasteiger partial charge in [-0.05, 0) is 12.1 Å². The third-order valence-electron chi connectivity index (χ3n) is 3.35. The van der Waals surface area contributed by atoms with Crippen LogP contribution in [0.2, 0.25) is 0 Å². The van der Waals surface area contributed by atoms with Gasteiger partial charge in [-0.3, -0.25) is 15.2 Å². The van der Waals surface area contributed by atoms with Gasteiger partial charge in [0.25, 0.3) is 5.69 Å². The topological polar surface area (TPSA) is 108 Å². The Bertz CT molecular complexity index is 894. The first-order valence-corrected chi connectivity index (χ1v) is 6.52. The van der Waals surface area contributed by atoms with E-state index >= 15 is 0 Å². The molecule has 0 radical (unpaired) electrons. The lowest BCUT2D eigenvalue weighted by atomic mass is 10.1. The Morgan fingerprint density at radius 2 is 2.18 bits per heavy atom. The normalized spacial score (nSPS) is 10.3. The van der Waals surface area contributed by atoms with E-state index < -0.39 is 4.92 Å². The van der Waals surface area contributed by atoms with Crippen molar-refractivity contribution in [1.29, 1.82) is 5.26 Å². The minimum Gasteiger partial charge on any atom is -0.380 e. The molecule has 1 aromatic heterocycles. The molecule has 0 atom stereocenters. The Morgan fingerprint density at radius 1 is 1.36 bits per heavy atom. The van der Waals surface area contributed by atoms with Crippen molar-refractivity contribution in [3.63, 3.8) is 0 Å². The van der Waals surface area contributed by atoms with Gasteiger partial charge >= 0.3 is 0 Å². The summed E-state index contributed by atoms with van der Waals surface area (Å²) in [7, 11) is 0. The molecule has 0 amide bonds. The summed E-state index contributed by atoms with van der Waals surface area (Å²) < 4.78 is 0. The summed E-state index contributed by atoms with van der Waals surface area (Å²) in [6.45, 7) is 0.284. The number of fused-ring (bicyclic) bond motifs is 1. The lowest BCUT2D eigenvalue weighted by molar-refractivity contribution is -0.385. The molecular weight excluding hydrogens is 282 g/mol. The van der Waals surface area contributed by atoms with Crippen molar-refractivity contribution >= 4 is 22.3 Å². The summed E-state index contributed by atoms with van der Waals surface area (Å²) in [6, 6.07) is 12.0. The number of nitrogens with one attached hydrogen (secondary N) is 2. The van der Waals surface area contributed by atoms with Crippen LogP contribution in [0, 0.1) is 21.4 Å². The predicted octanol–water partition coefficient (Wildman–Crippen LogP) is 2.95. The average molecular weight is 293 g/mol. The molecule has 0 spiro atoms. The minimum absolute atomic E-state index is 0.0647. The van der Waals surface area contributed by atoms with E-state index in [1.807, 2.05) is 0 Å². The number of nitrogens with zero attached hydrogens (tertiary/aromatic N) is 3. The molecule has 0 bridgehead atoms. The zero-order chi connectivity index (χ0) is 15.5.